The zero-order valence-corrected chi connectivity index (χ0v) is 22.3. The predicted molar refractivity (Wildman–Crippen MR) is 154 cm³/mol. The third-order valence-electron chi connectivity index (χ3n) is 6.90. The molecule has 4 aromatic carbocycles. The number of hydrogen-bond acceptors (Lipinski definition) is 6. The molecule has 0 unspecified atom stereocenters. The first-order valence-electron chi connectivity index (χ1n) is 13.3. The zero-order chi connectivity index (χ0) is 27.9. The summed E-state index contributed by atoms with van der Waals surface area (Å²) in [5.74, 6) is 2.08. The predicted octanol–water partition coefficient (Wildman–Crippen LogP) is 6.56. The lowest BCUT2D eigenvalue weighted by Crippen LogP contribution is -2.30. The molecule has 0 spiro atoms. The highest BCUT2D eigenvalue weighted by atomic mass is 16.6. The van der Waals surface area contributed by atoms with Gasteiger partial charge in [0.25, 0.3) is 5.69 Å². The molecule has 0 aromatic heterocycles. The van der Waals surface area contributed by atoms with Crippen LogP contribution in [0, 0.1) is 17.0 Å². The van der Waals surface area contributed by atoms with Gasteiger partial charge in [-0.15, -0.1) is 0 Å². The standard InChI is InChI=1S/C32H31N3O5/c1-23-30(11-6-12-31(23)35(37)38)34(20-24-7-3-2-4-8-24)21-25-13-16-27(17-14-25)40-29-10-5-9-28(19-29)39-22-26-15-18-32(36)33-26/h2-14,16-17,19,26H,15,18,20-22H2,1H3,(H,33,36)/t26-/m0/s1. The Labute approximate surface area is 233 Å². The normalized spacial score (nSPS) is 14.4. The highest BCUT2D eigenvalue weighted by Gasteiger charge is 2.21. The number of hydrogen-bond donors (Lipinski definition) is 1. The molecule has 1 heterocycles. The van der Waals surface area contributed by atoms with Crippen molar-refractivity contribution >= 4 is 17.3 Å². The SMILES string of the molecule is Cc1c(N(Cc2ccccc2)Cc2ccc(Oc3cccc(OC[C@@H]4CCC(=O)N4)c3)cc2)cccc1[N+](=O)[O-]. The molecule has 1 aliphatic heterocycles. The second-order valence-corrected chi connectivity index (χ2v) is 9.86. The van der Waals surface area contributed by atoms with Crippen molar-refractivity contribution in [1.29, 1.82) is 0 Å². The van der Waals surface area contributed by atoms with E-state index in [1.807, 2.05) is 72.8 Å². The number of nitrogens with one attached hydrogen (secondary N) is 1. The van der Waals surface area contributed by atoms with Crippen molar-refractivity contribution in [2.24, 2.45) is 0 Å². The number of carbonyl (C=O) groups is 1. The second-order valence-electron chi connectivity index (χ2n) is 9.86. The lowest BCUT2D eigenvalue weighted by molar-refractivity contribution is -0.385. The fraction of sp³-hybridized carbons (Fsp3) is 0.219. The van der Waals surface area contributed by atoms with Gasteiger partial charge in [-0.05, 0) is 54.8 Å². The minimum absolute atomic E-state index is 0.0388. The van der Waals surface area contributed by atoms with E-state index in [0.29, 0.717) is 48.9 Å². The van der Waals surface area contributed by atoms with E-state index < -0.39 is 0 Å². The fourth-order valence-electron chi connectivity index (χ4n) is 4.83. The first-order valence-corrected chi connectivity index (χ1v) is 13.3. The van der Waals surface area contributed by atoms with Crippen molar-refractivity contribution in [3.05, 3.63) is 124 Å². The molecule has 1 N–H and O–H groups in total. The van der Waals surface area contributed by atoms with Crippen molar-refractivity contribution < 1.29 is 19.2 Å². The highest BCUT2D eigenvalue weighted by molar-refractivity contribution is 5.78. The first-order chi connectivity index (χ1) is 19.4. The van der Waals surface area contributed by atoms with Crippen LogP contribution in [-0.4, -0.2) is 23.5 Å². The maximum atomic E-state index is 11.6. The molecule has 0 bridgehead atoms. The van der Waals surface area contributed by atoms with Crippen LogP contribution in [0.5, 0.6) is 17.2 Å². The molecule has 4 aromatic rings. The van der Waals surface area contributed by atoms with Gasteiger partial charge in [0.05, 0.1) is 16.5 Å². The number of benzene rings is 4. The van der Waals surface area contributed by atoms with Gasteiger partial charge in [0.2, 0.25) is 5.91 Å². The largest absolute Gasteiger partial charge is 0.491 e. The fourth-order valence-corrected chi connectivity index (χ4v) is 4.83. The number of nitrogens with zero attached hydrogens (tertiary/aromatic N) is 2. The summed E-state index contributed by atoms with van der Waals surface area (Å²) in [6.45, 7) is 3.40. The topological polar surface area (TPSA) is 93.9 Å². The number of nitro benzene ring substituents is 1. The van der Waals surface area contributed by atoms with E-state index in [4.69, 9.17) is 9.47 Å². The molecule has 40 heavy (non-hydrogen) atoms. The molecule has 1 aliphatic rings. The van der Waals surface area contributed by atoms with E-state index in [1.54, 1.807) is 13.0 Å². The van der Waals surface area contributed by atoms with Crippen molar-refractivity contribution in [3.63, 3.8) is 0 Å². The van der Waals surface area contributed by atoms with Gasteiger partial charge in [0.15, 0.2) is 0 Å². The van der Waals surface area contributed by atoms with Crippen molar-refractivity contribution in [1.82, 2.24) is 5.32 Å². The van der Waals surface area contributed by atoms with Crippen molar-refractivity contribution in [2.75, 3.05) is 11.5 Å². The summed E-state index contributed by atoms with van der Waals surface area (Å²) < 4.78 is 11.9. The monoisotopic (exact) mass is 537 g/mol. The molecule has 8 nitrogen and oxygen atoms in total. The smallest absolute Gasteiger partial charge is 0.274 e. The van der Waals surface area contributed by atoms with Gasteiger partial charge < -0.3 is 19.7 Å². The maximum absolute atomic E-state index is 11.6. The van der Waals surface area contributed by atoms with Gasteiger partial charge in [-0.1, -0.05) is 54.6 Å². The Morgan fingerprint density at radius 3 is 2.27 bits per heavy atom. The van der Waals surface area contributed by atoms with Crippen LogP contribution in [0.2, 0.25) is 0 Å². The van der Waals surface area contributed by atoms with Crippen LogP contribution in [0.4, 0.5) is 11.4 Å². The lowest BCUT2D eigenvalue weighted by Gasteiger charge is -2.27. The number of nitro groups is 1. The van der Waals surface area contributed by atoms with Crippen LogP contribution < -0.4 is 19.7 Å². The minimum atomic E-state index is -0.335. The van der Waals surface area contributed by atoms with Crippen molar-refractivity contribution in [2.45, 2.75) is 38.9 Å². The summed E-state index contributed by atoms with van der Waals surface area (Å²) in [5.41, 5.74) is 3.74. The van der Waals surface area contributed by atoms with Crippen LogP contribution in [0.15, 0.2) is 97.1 Å². The molecular weight excluding hydrogens is 506 g/mol. The molecule has 0 saturated carbocycles. The number of ether oxygens (including phenoxy) is 2. The molecule has 1 atom stereocenters. The molecular formula is C32H31N3O5. The number of anilines is 1. The Bertz CT molecular complexity index is 1470. The lowest BCUT2D eigenvalue weighted by atomic mass is 10.1. The Morgan fingerprint density at radius 1 is 0.875 bits per heavy atom. The Kier molecular flexibility index (Phi) is 8.25. The van der Waals surface area contributed by atoms with E-state index >= 15 is 0 Å². The van der Waals surface area contributed by atoms with Crippen LogP contribution in [0.25, 0.3) is 0 Å². The average molecular weight is 538 g/mol. The second kappa shape index (κ2) is 12.3. The zero-order valence-electron chi connectivity index (χ0n) is 22.3. The molecule has 1 fully saturated rings. The number of rotatable bonds is 11. The Hall–Kier alpha value is -4.85. The molecule has 5 rings (SSSR count). The van der Waals surface area contributed by atoms with E-state index in [1.165, 1.54) is 6.07 Å². The highest BCUT2D eigenvalue weighted by Crippen LogP contribution is 2.31. The summed E-state index contributed by atoms with van der Waals surface area (Å²) in [6, 6.07) is 30.6. The summed E-state index contributed by atoms with van der Waals surface area (Å²) in [5, 5.41) is 14.5. The number of carbonyl (C=O) groups excluding carboxylic acids is 1. The summed E-state index contributed by atoms with van der Waals surface area (Å²) in [7, 11) is 0. The number of amides is 1. The van der Waals surface area contributed by atoms with Gasteiger partial charge in [-0.2, -0.15) is 0 Å². The molecule has 8 heteroatoms. The molecule has 1 saturated heterocycles. The van der Waals surface area contributed by atoms with E-state index in [0.717, 1.165) is 23.2 Å². The Morgan fingerprint density at radius 2 is 1.57 bits per heavy atom. The molecule has 0 radical (unpaired) electrons. The molecule has 1 amide bonds. The van der Waals surface area contributed by atoms with Gasteiger partial charge in [-0.25, -0.2) is 0 Å². The van der Waals surface area contributed by atoms with Crippen molar-refractivity contribution in [3.8, 4) is 17.2 Å². The third kappa shape index (κ3) is 6.77. The van der Waals surface area contributed by atoms with Gasteiger partial charge in [0.1, 0.15) is 23.9 Å². The summed E-state index contributed by atoms with van der Waals surface area (Å²) in [4.78, 5) is 24.8. The molecule has 204 valence electrons. The van der Waals surface area contributed by atoms with Crippen LogP contribution in [0.3, 0.4) is 0 Å². The van der Waals surface area contributed by atoms with Crippen LogP contribution in [0.1, 0.15) is 29.5 Å². The van der Waals surface area contributed by atoms with Gasteiger partial charge >= 0.3 is 0 Å². The van der Waals surface area contributed by atoms with E-state index in [2.05, 4.69) is 22.3 Å². The first kappa shape index (κ1) is 26.7. The van der Waals surface area contributed by atoms with Gasteiger partial charge in [-0.3, -0.25) is 14.9 Å². The quantitative estimate of drug-likeness (QED) is 0.172. The summed E-state index contributed by atoms with van der Waals surface area (Å²) >= 11 is 0. The minimum Gasteiger partial charge on any atom is -0.491 e. The van der Waals surface area contributed by atoms with E-state index in [-0.39, 0.29) is 22.6 Å². The van der Waals surface area contributed by atoms with Crippen LogP contribution >= 0.6 is 0 Å². The third-order valence-corrected chi connectivity index (χ3v) is 6.90. The van der Waals surface area contributed by atoms with Gasteiger partial charge in [0, 0.05) is 37.3 Å². The maximum Gasteiger partial charge on any atom is 0.274 e. The van der Waals surface area contributed by atoms with Crippen LogP contribution in [-0.2, 0) is 17.9 Å². The Balaban J connectivity index is 1.28. The average Bonchev–Trinajstić information content (AvgIpc) is 3.38. The summed E-state index contributed by atoms with van der Waals surface area (Å²) in [6.07, 6.45) is 1.33. The van der Waals surface area contributed by atoms with E-state index in [9.17, 15) is 14.9 Å². The molecule has 0 aliphatic carbocycles.